The van der Waals surface area contributed by atoms with Gasteiger partial charge in [-0.15, -0.1) is 0 Å². The monoisotopic (exact) mass is 364 g/mol. The number of carbonyl (C=O) groups is 1. The molecule has 7 heteroatoms. The van der Waals surface area contributed by atoms with Gasteiger partial charge in [-0.05, 0) is 30.9 Å². The molecule has 2 saturated heterocycles. The molecule has 0 radical (unpaired) electrons. The number of hydrogen-bond donors (Lipinski definition) is 1. The fourth-order valence-electron chi connectivity index (χ4n) is 4.32. The van der Waals surface area contributed by atoms with Crippen LogP contribution in [0, 0.1) is 17.2 Å². The highest BCUT2D eigenvalue weighted by Gasteiger charge is 2.33. The summed E-state index contributed by atoms with van der Waals surface area (Å²) in [7, 11) is 1.86. The van der Waals surface area contributed by atoms with Gasteiger partial charge in [-0.25, -0.2) is 0 Å². The SMILES string of the molecule is C[C@H]1C[C@@H](N[C@@H]2CCN(C)C2=O)CN(c2ccc(C#N)c3nccnc23)C1. The summed E-state index contributed by atoms with van der Waals surface area (Å²) in [5, 5.41) is 12.9. The number of benzene rings is 1. The molecule has 0 spiro atoms. The second-order valence-electron chi connectivity index (χ2n) is 7.71. The van der Waals surface area contributed by atoms with Crippen LogP contribution in [0.25, 0.3) is 11.0 Å². The van der Waals surface area contributed by atoms with Crippen LogP contribution in [0.15, 0.2) is 24.5 Å². The van der Waals surface area contributed by atoms with E-state index in [1.165, 1.54) is 0 Å². The van der Waals surface area contributed by atoms with Gasteiger partial charge in [0.1, 0.15) is 17.1 Å². The molecule has 1 aromatic carbocycles. The van der Waals surface area contributed by atoms with E-state index in [9.17, 15) is 10.1 Å². The molecule has 3 atom stereocenters. The fourth-order valence-corrected chi connectivity index (χ4v) is 4.32. The smallest absolute Gasteiger partial charge is 0.239 e. The molecule has 0 aliphatic carbocycles. The van der Waals surface area contributed by atoms with Gasteiger partial charge in [0, 0.05) is 45.1 Å². The Morgan fingerprint density at radius 1 is 1.22 bits per heavy atom. The fraction of sp³-hybridized carbons (Fsp3) is 0.500. The maximum Gasteiger partial charge on any atom is 0.239 e. The normalized spacial score (nSPS) is 25.8. The zero-order chi connectivity index (χ0) is 19.0. The van der Waals surface area contributed by atoms with E-state index in [1.54, 1.807) is 17.3 Å². The minimum absolute atomic E-state index is 0.0790. The molecule has 0 saturated carbocycles. The number of nitrogens with one attached hydrogen (secondary N) is 1. The number of anilines is 1. The van der Waals surface area contributed by atoms with E-state index in [4.69, 9.17) is 0 Å². The average Bonchev–Trinajstić information content (AvgIpc) is 2.98. The van der Waals surface area contributed by atoms with Crippen molar-refractivity contribution in [2.45, 2.75) is 31.8 Å². The summed E-state index contributed by atoms with van der Waals surface area (Å²) < 4.78 is 0. The lowest BCUT2D eigenvalue weighted by molar-refractivity contribution is -0.128. The molecular formula is C20H24N6O. The molecular weight excluding hydrogens is 340 g/mol. The maximum atomic E-state index is 12.3. The second kappa shape index (κ2) is 7.12. The first-order chi connectivity index (χ1) is 13.1. The first-order valence-electron chi connectivity index (χ1n) is 9.46. The summed E-state index contributed by atoms with van der Waals surface area (Å²) >= 11 is 0. The van der Waals surface area contributed by atoms with Crippen molar-refractivity contribution in [1.29, 1.82) is 5.26 Å². The molecule has 2 fully saturated rings. The lowest BCUT2D eigenvalue weighted by atomic mass is 9.94. The standard InChI is InChI=1S/C20H24N6O/c1-13-9-15(24-16-5-8-25(2)20(16)27)12-26(11-13)17-4-3-14(10-21)18-19(17)23-7-6-22-18/h3-4,6-7,13,15-16,24H,5,8-9,11-12H2,1-2H3/t13-,15+,16+/m0/s1. The van der Waals surface area contributed by atoms with E-state index in [0.717, 1.165) is 43.7 Å². The van der Waals surface area contributed by atoms with Crippen molar-refractivity contribution in [3.05, 3.63) is 30.1 Å². The van der Waals surface area contributed by atoms with Crippen LogP contribution in [-0.2, 0) is 4.79 Å². The first kappa shape index (κ1) is 17.7. The van der Waals surface area contributed by atoms with Gasteiger partial charge >= 0.3 is 0 Å². The first-order valence-corrected chi connectivity index (χ1v) is 9.46. The second-order valence-corrected chi connectivity index (χ2v) is 7.71. The molecule has 2 aromatic rings. The third-order valence-corrected chi connectivity index (χ3v) is 5.59. The van der Waals surface area contributed by atoms with Crippen molar-refractivity contribution in [1.82, 2.24) is 20.2 Å². The minimum Gasteiger partial charge on any atom is -0.368 e. The molecule has 140 valence electrons. The van der Waals surface area contributed by atoms with Crippen LogP contribution >= 0.6 is 0 Å². The highest BCUT2D eigenvalue weighted by atomic mass is 16.2. The Labute approximate surface area is 159 Å². The van der Waals surface area contributed by atoms with Crippen LogP contribution in [0.2, 0.25) is 0 Å². The van der Waals surface area contributed by atoms with Crippen molar-refractivity contribution < 1.29 is 4.79 Å². The predicted molar refractivity (Wildman–Crippen MR) is 103 cm³/mol. The Bertz CT molecular complexity index is 907. The summed E-state index contributed by atoms with van der Waals surface area (Å²) in [5.41, 5.74) is 2.96. The van der Waals surface area contributed by atoms with Gasteiger partial charge in [0.25, 0.3) is 0 Å². The molecule has 7 nitrogen and oxygen atoms in total. The summed E-state index contributed by atoms with van der Waals surface area (Å²) in [6.07, 6.45) is 5.21. The van der Waals surface area contributed by atoms with E-state index >= 15 is 0 Å². The van der Waals surface area contributed by atoms with E-state index in [0.29, 0.717) is 17.0 Å². The number of amides is 1. The Morgan fingerprint density at radius 3 is 2.70 bits per heavy atom. The Balaban J connectivity index is 1.60. The van der Waals surface area contributed by atoms with E-state index in [1.807, 2.05) is 19.2 Å². The summed E-state index contributed by atoms with van der Waals surface area (Å²) in [6.45, 7) is 4.79. The van der Waals surface area contributed by atoms with Crippen LogP contribution in [0.4, 0.5) is 5.69 Å². The van der Waals surface area contributed by atoms with Crippen molar-refractivity contribution in [2.24, 2.45) is 5.92 Å². The molecule has 1 amide bonds. The molecule has 27 heavy (non-hydrogen) atoms. The minimum atomic E-state index is -0.0790. The number of hydrogen-bond acceptors (Lipinski definition) is 6. The molecule has 4 rings (SSSR count). The van der Waals surface area contributed by atoms with Gasteiger partial charge in [-0.2, -0.15) is 5.26 Å². The molecule has 1 aromatic heterocycles. The van der Waals surface area contributed by atoms with Crippen LogP contribution in [0.1, 0.15) is 25.3 Å². The van der Waals surface area contributed by atoms with E-state index < -0.39 is 0 Å². The van der Waals surface area contributed by atoms with Crippen LogP contribution < -0.4 is 10.2 Å². The molecule has 2 aliphatic rings. The van der Waals surface area contributed by atoms with Gasteiger partial charge in [-0.1, -0.05) is 6.92 Å². The van der Waals surface area contributed by atoms with Crippen molar-refractivity contribution >= 4 is 22.6 Å². The summed E-state index contributed by atoms with van der Waals surface area (Å²) in [5.74, 6) is 0.683. The number of rotatable bonds is 3. The van der Waals surface area contributed by atoms with Crippen LogP contribution in [0.5, 0.6) is 0 Å². The Morgan fingerprint density at radius 2 is 2.00 bits per heavy atom. The van der Waals surface area contributed by atoms with Crippen LogP contribution in [-0.4, -0.2) is 59.5 Å². The zero-order valence-corrected chi connectivity index (χ0v) is 15.7. The number of aromatic nitrogens is 2. The summed E-state index contributed by atoms with van der Waals surface area (Å²) in [4.78, 5) is 25.2. The largest absolute Gasteiger partial charge is 0.368 e. The van der Waals surface area contributed by atoms with Crippen molar-refractivity contribution in [2.75, 3.05) is 31.6 Å². The average molecular weight is 364 g/mol. The van der Waals surface area contributed by atoms with Gasteiger partial charge in [0.15, 0.2) is 0 Å². The van der Waals surface area contributed by atoms with E-state index in [2.05, 4.69) is 33.2 Å². The molecule has 3 heterocycles. The number of nitriles is 1. The number of fused-ring (bicyclic) bond motifs is 1. The van der Waals surface area contributed by atoms with Gasteiger partial charge in [0.05, 0.1) is 17.3 Å². The number of piperidine rings is 1. The highest BCUT2D eigenvalue weighted by Crippen LogP contribution is 2.30. The highest BCUT2D eigenvalue weighted by molar-refractivity contribution is 5.92. The number of likely N-dealkylation sites (N-methyl/N-ethyl adjacent to an activating group) is 1. The third kappa shape index (κ3) is 3.33. The van der Waals surface area contributed by atoms with Gasteiger partial charge in [-0.3, -0.25) is 14.8 Å². The van der Waals surface area contributed by atoms with Crippen molar-refractivity contribution in [3.63, 3.8) is 0 Å². The third-order valence-electron chi connectivity index (χ3n) is 5.59. The Hall–Kier alpha value is -2.72. The topological polar surface area (TPSA) is 85.2 Å². The number of carbonyl (C=O) groups excluding carboxylic acids is 1. The Kier molecular flexibility index (Phi) is 4.66. The van der Waals surface area contributed by atoms with Crippen molar-refractivity contribution in [3.8, 4) is 6.07 Å². The maximum absolute atomic E-state index is 12.3. The van der Waals surface area contributed by atoms with Crippen LogP contribution in [0.3, 0.4) is 0 Å². The molecule has 0 unspecified atom stereocenters. The van der Waals surface area contributed by atoms with Gasteiger partial charge in [0.2, 0.25) is 5.91 Å². The lowest BCUT2D eigenvalue weighted by Crippen LogP contribution is -2.53. The number of likely N-dealkylation sites (tertiary alicyclic amines) is 1. The summed E-state index contributed by atoms with van der Waals surface area (Å²) in [6, 6.07) is 6.16. The predicted octanol–water partition coefficient (Wildman–Crippen LogP) is 1.54. The zero-order valence-electron chi connectivity index (χ0n) is 15.7. The molecule has 1 N–H and O–H groups in total. The molecule has 0 bridgehead atoms. The van der Waals surface area contributed by atoms with E-state index in [-0.39, 0.29) is 18.0 Å². The molecule has 2 aliphatic heterocycles. The quantitative estimate of drug-likeness (QED) is 0.889. The van der Waals surface area contributed by atoms with Gasteiger partial charge < -0.3 is 15.1 Å². The number of nitrogens with zero attached hydrogens (tertiary/aromatic N) is 5. The lowest BCUT2D eigenvalue weighted by Gasteiger charge is -2.39.